The first-order valence-corrected chi connectivity index (χ1v) is 6.66. The second-order valence-electron chi connectivity index (χ2n) is 5.83. The third kappa shape index (κ3) is 5.46. The van der Waals surface area contributed by atoms with Crippen molar-refractivity contribution in [1.82, 2.24) is 9.80 Å². The average Bonchev–Trinajstić information content (AvgIpc) is 2.26. The Hall–Kier alpha value is -1.79. The fraction of sp³-hybridized carbons (Fsp3) is 0.769. The van der Waals surface area contributed by atoms with Gasteiger partial charge >= 0.3 is 12.1 Å². The predicted octanol–water partition coefficient (Wildman–Crippen LogP) is 1.28. The van der Waals surface area contributed by atoms with E-state index in [1.807, 2.05) is 0 Å². The van der Waals surface area contributed by atoms with Crippen molar-refractivity contribution < 1.29 is 24.2 Å². The highest BCUT2D eigenvalue weighted by molar-refractivity contribution is 5.81. The number of hydrogen-bond acceptors (Lipinski definition) is 4. The van der Waals surface area contributed by atoms with Crippen LogP contribution in [0.2, 0.25) is 0 Å². The van der Waals surface area contributed by atoms with E-state index in [4.69, 9.17) is 9.84 Å². The van der Waals surface area contributed by atoms with Gasteiger partial charge < -0.3 is 14.7 Å². The minimum Gasteiger partial charge on any atom is -0.480 e. The van der Waals surface area contributed by atoms with E-state index in [2.05, 4.69) is 0 Å². The Morgan fingerprint density at radius 2 is 1.95 bits per heavy atom. The van der Waals surface area contributed by atoms with Crippen molar-refractivity contribution in [2.45, 2.75) is 45.6 Å². The van der Waals surface area contributed by atoms with Gasteiger partial charge in [0.1, 0.15) is 12.1 Å². The van der Waals surface area contributed by atoms with Gasteiger partial charge in [-0.05, 0) is 33.6 Å². The number of carboxylic acids is 1. The Balaban J connectivity index is 2.75. The highest BCUT2D eigenvalue weighted by atomic mass is 16.6. The molecule has 0 aromatic rings. The van der Waals surface area contributed by atoms with Crippen LogP contribution in [0.25, 0.3) is 0 Å². The molecule has 1 heterocycles. The van der Waals surface area contributed by atoms with Gasteiger partial charge in [-0.25, -0.2) is 4.79 Å². The number of amides is 2. The second kappa shape index (κ2) is 6.58. The Bertz CT molecular complexity index is 389. The molecule has 0 aromatic carbocycles. The van der Waals surface area contributed by atoms with Crippen LogP contribution in [0, 0.1) is 0 Å². The molecule has 20 heavy (non-hydrogen) atoms. The number of nitrogens with zero attached hydrogens (tertiary/aromatic N) is 2. The molecule has 7 heteroatoms. The number of ether oxygens (including phenoxy) is 1. The SMILES string of the molecule is CC(C)(C)OC(=O)N1CCCCC(=O)N(CC(=O)O)C1. The maximum Gasteiger partial charge on any atom is 0.411 e. The smallest absolute Gasteiger partial charge is 0.411 e. The quantitative estimate of drug-likeness (QED) is 0.826. The van der Waals surface area contributed by atoms with Gasteiger partial charge in [-0.15, -0.1) is 0 Å². The number of rotatable bonds is 2. The molecule has 7 nitrogen and oxygen atoms in total. The van der Waals surface area contributed by atoms with Crippen LogP contribution >= 0.6 is 0 Å². The largest absolute Gasteiger partial charge is 0.480 e. The van der Waals surface area contributed by atoms with Crippen LogP contribution in [-0.2, 0) is 14.3 Å². The molecule has 1 aliphatic rings. The zero-order valence-corrected chi connectivity index (χ0v) is 12.2. The van der Waals surface area contributed by atoms with Crippen LogP contribution in [0.3, 0.4) is 0 Å². The van der Waals surface area contributed by atoms with Crippen LogP contribution in [0.5, 0.6) is 0 Å². The van der Waals surface area contributed by atoms with E-state index < -0.39 is 24.2 Å². The molecule has 0 aromatic heterocycles. The molecule has 2 amide bonds. The maximum absolute atomic E-state index is 12.0. The van der Waals surface area contributed by atoms with Crippen molar-refractivity contribution in [2.24, 2.45) is 0 Å². The van der Waals surface area contributed by atoms with E-state index in [9.17, 15) is 14.4 Å². The van der Waals surface area contributed by atoms with Gasteiger partial charge in [-0.1, -0.05) is 0 Å². The third-order valence-electron chi connectivity index (χ3n) is 2.74. The van der Waals surface area contributed by atoms with Crippen molar-refractivity contribution in [1.29, 1.82) is 0 Å². The van der Waals surface area contributed by atoms with E-state index in [-0.39, 0.29) is 12.6 Å². The average molecular weight is 286 g/mol. The third-order valence-corrected chi connectivity index (χ3v) is 2.74. The van der Waals surface area contributed by atoms with Crippen molar-refractivity contribution in [3.8, 4) is 0 Å². The number of carbonyl (C=O) groups is 3. The van der Waals surface area contributed by atoms with E-state index >= 15 is 0 Å². The second-order valence-corrected chi connectivity index (χ2v) is 5.83. The lowest BCUT2D eigenvalue weighted by molar-refractivity contribution is -0.146. The Kier molecular flexibility index (Phi) is 5.35. The summed E-state index contributed by atoms with van der Waals surface area (Å²) in [6, 6.07) is 0. The van der Waals surface area contributed by atoms with Crippen molar-refractivity contribution >= 4 is 18.0 Å². The first-order valence-electron chi connectivity index (χ1n) is 6.66. The van der Waals surface area contributed by atoms with E-state index in [0.29, 0.717) is 25.8 Å². The molecule has 0 atom stereocenters. The first kappa shape index (κ1) is 16.3. The van der Waals surface area contributed by atoms with Gasteiger partial charge in [-0.2, -0.15) is 0 Å². The fourth-order valence-corrected chi connectivity index (χ4v) is 1.87. The number of carbonyl (C=O) groups excluding carboxylic acids is 2. The van der Waals surface area contributed by atoms with Gasteiger partial charge in [-0.3, -0.25) is 14.5 Å². The van der Waals surface area contributed by atoms with Gasteiger partial charge in [0.15, 0.2) is 0 Å². The van der Waals surface area contributed by atoms with Gasteiger partial charge in [0.25, 0.3) is 0 Å². The standard InChI is InChI=1S/C13H22N2O5/c1-13(2,3)20-12(19)14-7-5-4-6-10(16)15(9-14)8-11(17)18/h4-9H2,1-3H3,(H,17,18). The molecule has 1 saturated heterocycles. The van der Waals surface area contributed by atoms with Gasteiger partial charge in [0, 0.05) is 13.0 Å². The van der Waals surface area contributed by atoms with Crippen molar-refractivity contribution in [3.05, 3.63) is 0 Å². The van der Waals surface area contributed by atoms with Crippen LogP contribution in [0.1, 0.15) is 40.0 Å². The topological polar surface area (TPSA) is 87.2 Å². The van der Waals surface area contributed by atoms with E-state index in [1.54, 1.807) is 20.8 Å². The Morgan fingerprint density at radius 3 is 2.50 bits per heavy atom. The summed E-state index contributed by atoms with van der Waals surface area (Å²) in [5.41, 5.74) is -0.624. The minimum atomic E-state index is -1.09. The molecular weight excluding hydrogens is 264 g/mol. The van der Waals surface area contributed by atoms with Crippen LogP contribution in [0.15, 0.2) is 0 Å². The maximum atomic E-state index is 12.0. The zero-order chi connectivity index (χ0) is 15.3. The first-order chi connectivity index (χ1) is 9.19. The lowest BCUT2D eigenvalue weighted by Crippen LogP contribution is -2.49. The van der Waals surface area contributed by atoms with E-state index in [1.165, 1.54) is 9.80 Å². The van der Waals surface area contributed by atoms with Crippen molar-refractivity contribution in [2.75, 3.05) is 19.8 Å². The highest BCUT2D eigenvalue weighted by Gasteiger charge is 2.27. The molecule has 0 radical (unpaired) electrons. The number of hydrogen-bond donors (Lipinski definition) is 1. The summed E-state index contributed by atoms with van der Waals surface area (Å²) in [6.45, 7) is 5.29. The molecule has 0 spiro atoms. The fourth-order valence-electron chi connectivity index (χ4n) is 1.87. The van der Waals surface area contributed by atoms with Gasteiger partial charge in [0.05, 0.1) is 6.67 Å². The summed E-state index contributed by atoms with van der Waals surface area (Å²) >= 11 is 0. The molecule has 0 aliphatic carbocycles. The minimum absolute atomic E-state index is 0.0416. The number of carboxylic acid groups (broad SMARTS) is 1. The molecule has 1 aliphatic heterocycles. The summed E-state index contributed by atoms with van der Waals surface area (Å²) in [7, 11) is 0. The molecule has 0 unspecified atom stereocenters. The molecule has 1 N–H and O–H groups in total. The Morgan fingerprint density at radius 1 is 1.30 bits per heavy atom. The van der Waals surface area contributed by atoms with Crippen LogP contribution in [0.4, 0.5) is 4.79 Å². The summed E-state index contributed by atoms with van der Waals surface area (Å²) in [5.74, 6) is -1.34. The number of aliphatic carboxylic acids is 1. The van der Waals surface area contributed by atoms with E-state index in [0.717, 1.165) is 0 Å². The lowest BCUT2D eigenvalue weighted by Gasteiger charge is -2.33. The molecule has 114 valence electrons. The lowest BCUT2D eigenvalue weighted by atomic mass is 10.2. The Labute approximate surface area is 118 Å². The molecule has 0 saturated carbocycles. The van der Waals surface area contributed by atoms with Crippen molar-refractivity contribution in [3.63, 3.8) is 0 Å². The van der Waals surface area contributed by atoms with Crippen LogP contribution in [-0.4, -0.2) is 58.2 Å². The summed E-state index contributed by atoms with van der Waals surface area (Å²) < 4.78 is 5.26. The predicted molar refractivity (Wildman–Crippen MR) is 71.0 cm³/mol. The monoisotopic (exact) mass is 286 g/mol. The van der Waals surface area contributed by atoms with Gasteiger partial charge in [0.2, 0.25) is 5.91 Å². The van der Waals surface area contributed by atoms with Crippen LogP contribution < -0.4 is 0 Å². The summed E-state index contributed by atoms with van der Waals surface area (Å²) in [6.07, 6.45) is 1.12. The highest BCUT2D eigenvalue weighted by Crippen LogP contribution is 2.14. The molecular formula is C13H22N2O5. The molecule has 0 bridgehead atoms. The molecule has 1 rings (SSSR count). The summed E-state index contributed by atoms with van der Waals surface area (Å²) in [4.78, 5) is 37.2. The molecule has 1 fully saturated rings. The zero-order valence-electron chi connectivity index (χ0n) is 12.2. The normalized spacial score (nSPS) is 17.4. The summed E-state index contributed by atoms with van der Waals surface area (Å²) in [5, 5.41) is 8.83.